The molecule has 0 saturated carbocycles. The molecule has 1 aromatic heterocycles. The van der Waals surface area contributed by atoms with E-state index in [4.69, 9.17) is 11.6 Å². The maximum atomic E-state index is 13.1. The van der Waals surface area contributed by atoms with Gasteiger partial charge in [-0.1, -0.05) is 29.3 Å². The molecular weight excluding hydrogens is 287 g/mol. The fraction of sp³-hybridized carbons (Fsp3) is 0.133. The monoisotopic (exact) mass is 295 g/mol. The van der Waals surface area contributed by atoms with Crippen molar-refractivity contribution in [3.05, 3.63) is 52.7 Å². The summed E-state index contributed by atoms with van der Waals surface area (Å²) in [6, 6.07) is 9.53. The Hall–Kier alpha value is -1.81. The zero-order valence-corrected chi connectivity index (χ0v) is 11.2. The minimum atomic E-state index is -4.49. The maximum absolute atomic E-state index is 13.1. The van der Waals surface area contributed by atoms with Crippen molar-refractivity contribution in [2.75, 3.05) is 0 Å². The van der Waals surface area contributed by atoms with Gasteiger partial charge in [-0.05, 0) is 36.6 Å². The molecule has 0 aliphatic rings. The average molecular weight is 296 g/mol. The summed E-state index contributed by atoms with van der Waals surface area (Å²) in [5.41, 5.74) is 0.401. The van der Waals surface area contributed by atoms with Crippen molar-refractivity contribution >= 4 is 33.3 Å². The van der Waals surface area contributed by atoms with Gasteiger partial charge in [0.2, 0.25) is 0 Å². The highest BCUT2D eigenvalue weighted by Crippen LogP contribution is 2.37. The van der Waals surface area contributed by atoms with E-state index in [-0.39, 0.29) is 5.39 Å². The van der Waals surface area contributed by atoms with Crippen LogP contribution in [0.15, 0.2) is 36.4 Å². The lowest BCUT2D eigenvalue weighted by atomic mass is 10.0. The van der Waals surface area contributed by atoms with Crippen LogP contribution in [0.2, 0.25) is 5.02 Å². The van der Waals surface area contributed by atoms with E-state index in [1.165, 1.54) is 12.1 Å². The van der Waals surface area contributed by atoms with E-state index in [9.17, 15) is 13.2 Å². The van der Waals surface area contributed by atoms with E-state index in [0.717, 1.165) is 5.56 Å². The van der Waals surface area contributed by atoms with Gasteiger partial charge in [-0.25, -0.2) is 4.98 Å². The molecule has 0 fully saturated rings. The number of alkyl halides is 3. The Kier molecular flexibility index (Phi) is 2.87. The van der Waals surface area contributed by atoms with Gasteiger partial charge in [0.25, 0.3) is 0 Å². The molecule has 0 bridgehead atoms. The van der Waals surface area contributed by atoms with E-state index in [1.54, 1.807) is 18.2 Å². The van der Waals surface area contributed by atoms with Crippen LogP contribution in [0.3, 0.4) is 0 Å². The molecule has 3 rings (SSSR count). The first-order valence-corrected chi connectivity index (χ1v) is 6.31. The van der Waals surface area contributed by atoms with Crippen molar-refractivity contribution in [1.29, 1.82) is 0 Å². The van der Waals surface area contributed by atoms with E-state index >= 15 is 0 Å². The van der Waals surface area contributed by atoms with Crippen LogP contribution in [-0.2, 0) is 6.18 Å². The molecule has 3 aromatic rings. The van der Waals surface area contributed by atoms with Gasteiger partial charge in [-0.2, -0.15) is 13.2 Å². The molecule has 0 spiro atoms. The summed E-state index contributed by atoms with van der Waals surface area (Å²) in [4.78, 5) is 3.78. The number of nitrogens with zero attached hydrogens (tertiary/aromatic N) is 1. The van der Waals surface area contributed by atoms with Crippen molar-refractivity contribution in [2.24, 2.45) is 0 Å². The minimum absolute atomic E-state index is 0.0694. The third kappa shape index (κ3) is 2.10. The molecule has 102 valence electrons. The molecule has 0 aliphatic carbocycles. The summed E-state index contributed by atoms with van der Waals surface area (Å²) >= 11 is 5.92. The minimum Gasteiger partial charge on any atom is -0.243 e. The number of rotatable bonds is 0. The highest BCUT2D eigenvalue weighted by atomic mass is 35.5. The fourth-order valence-corrected chi connectivity index (χ4v) is 2.48. The molecule has 0 N–H and O–H groups in total. The number of pyridine rings is 1. The normalized spacial score (nSPS) is 12.2. The second-order valence-electron chi connectivity index (χ2n) is 4.67. The molecule has 1 heterocycles. The van der Waals surface area contributed by atoms with Crippen LogP contribution in [0.1, 0.15) is 11.3 Å². The van der Waals surface area contributed by atoms with E-state index in [0.29, 0.717) is 21.3 Å². The Morgan fingerprint density at radius 2 is 1.70 bits per heavy atom. The lowest BCUT2D eigenvalue weighted by Gasteiger charge is -2.12. The van der Waals surface area contributed by atoms with Crippen LogP contribution in [0.4, 0.5) is 13.2 Å². The second kappa shape index (κ2) is 4.35. The van der Waals surface area contributed by atoms with Crippen LogP contribution in [0.25, 0.3) is 21.7 Å². The Morgan fingerprint density at radius 3 is 2.40 bits per heavy atom. The summed E-state index contributed by atoms with van der Waals surface area (Å²) in [7, 11) is 0. The highest BCUT2D eigenvalue weighted by molar-refractivity contribution is 6.31. The molecule has 5 heteroatoms. The quantitative estimate of drug-likeness (QED) is 0.508. The number of benzene rings is 2. The van der Waals surface area contributed by atoms with Gasteiger partial charge in [-0.3, -0.25) is 0 Å². The van der Waals surface area contributed by atoms with Crippen LogP contribution in [-0.4, -0.2) is 4.98 Å². The summed E-state index contributed by atoms with van der Waals surface area (Å²) in [5, 5.41) is 1.62. The highest BCUT2D eigenvalue weighted by Gasteiger charge is 2.35. The summed E-state index contributed by atoms with van der Waals surface area (Å²) in [6.45, 7) is 1.88. The van der Waals surface area contributed by atoms with Crippen molar-refractivity contribution in [1.82, 2.24) is 4.98 Å². The zero-order chi connectivity index (χ0) is 14.5. The van der Waals surface area contributed by atoms with Gasteiger partial charge >= 0.3 is 6.18 Å². The third-order valence-corrected chi connectivity index (χ3v) is 3.41. The summed E-state index contributed by atoms with van der Waals surface area (Å²) < 4.78 is 39.4. The number of hydrogen-bond acceptors (Lipinski definition) is 1. The fourth-order valence-electron chi connectivity index (χ4n) is 2.31. The maximum Gasteiger partial charge on any atom is 0.433 e. The first-order chi connectivity index (χ1) is 9.36. The molecule has 0 saturated heterocycles. The Bertz CT molecular complexity index is 825. The number of fused-ring (bicyclic) bond motifs is 3. The number of halogens is 4. The van der Waals surface area contributed by atoms with Crippen molar-refractivity contribution < 1.29 is 13.2 Å². The summed E-state index contributed by atoms with van der Waals surface area (Å²) in [6.07, 6.45) is -4.49. The average Bonchev–Trinajstić information content (AvgIpc) is 2.36. The predicted molar refractivity (Wildman–Crippen MR) is 74.0 cm³/mol. The molecule has 20 heavy (non-hydrogen) atoms. The standard InChI is InChI=1S/C15H9ClF3N/c1-8-2-5-13-12(6-8)11-7-9(16)3-4-10(11)14(20-13)15(17,18)19/h2-7H,1H3. The number of hydrogen-bond donors (Lipinski definition) is 0. The SMILES string of the molecule is Cc1ccc2nc(C(F)(F)F)c3ccc(Cl)cc3c2c1. The van der Waals surface area contributed by atoms with Crippen molar-refractivity contribution in [3.8, 4) is 0 Å². The van der Waals surface area contributed by atoms with Gasteiger partial charge in [0.05, 0.1) is 5.52 Å². The van der Waals surface area contributed by atoms with Crippen LogP contribution < -0.4 is 0 Å². The van der Waals surface area contributed by atoms with Crippen LogP contribution in [0, 0.1) is 6.92 Å². The third-order valence-electron chi connectivity index (χ3n) is 3.18. The summed E-state index contributed by atoms with van der Waals surface area (Å²) in [5.74, 6) is 0. The lowest BCUT2D eigenvalue weighted by Crippen LogP contribution is -2.09. The Morgan fingerprint density at radius 1 is 0.950 bits per heavy atom. The van der Waals surface area contributed by atoms with Gasteiger partial charge in [0, 0.05) is 15.8 Å². The smallest absolute Gasteiger partial charge is 0.243 e. The van der Waals surface area contributed by atoms with Gasteiger partial charge < -0.3 is 0 Å². The number of aromatic nitrogens is 1. The molecule has 0 unspecified atom stereocenters. The topological polar surface area (TPSA) is 12.9 Å². The molecular formula is C15H9ClF3N. The number of aryl methyl sites for hydroxylation is 1. The first-order valence-electron chi connectivity index (χ1n) is 5.93. The lowest BCUT2D eigenvalue weighted by molar-refractivity contribution is -0.139. The molecule has 0 amide bonds. The second-order valence-corrected chi connectivity index (χ2v) is 5.11. The van der Waals surface area contributed by atoms with E-state index in [2.05, 4.69) is 4.98 Å². The molecule has 0 atom stereocenters. The van der Waals surface area contributed by atoms with E-state index < -0.39 is 11.9 Å². The van der Waals surface area contributed by atoms with E-state index in [1.807, 2.05) is 13.0 Å². The zero-order valence-electron chi connectivity index (χ0n) is 10.4. The first kappa shape index (κ1) is 13.2. The molecule has 1 nitrogen and oxygen atoms in total. The molecule has 0 aliphatic heterocycles. The molecule has 2 aromatic carbocycles. The predicted octanol–water partition coefficient (Wildman–Crippen LogP) is 5.37. The Labute approximate surface area is 118 Å². The van der Waals surface area contributed by atoms with Gasteiger partial charge in [-0.15, -0.1) is 0 Å². The Balaban J connectivity index is 2.55. The van der Waals surface area contributed by atoms with Crippen LogP contribution >= 0.6 is 11.6 Å². The largest absolute Gasteiger partial charge is 0.433 e. The van der Waals surface area contributed by atoms with Crippen molar-refractivity contribution in [3.63, 3.8) is 0 Å². The van der Waals surface area contributed by atoms with Crippen LogP contribution in [0.5, 0.6) is 0 Å². The van der Waals surface area contributed by atoms with Gasteiger partial charge in [0.1, 0.15) is 0 Å². The van der Waals surface area contributed by atoms with Gasteiger partial charge in [0.15, 0.2) is 5.69 Å². The van der Waals surface area contributed by atoms with Crippen molar-refractivity contribution in [2.45, 2.75) is 13.1 Å². The molecule has 0 radical (unpaired) electrons.